The van der Waals surface area contributed by atoms with Crippen molar-refractivity contribution in [3.05, 3.63) is 28.2 Å². The van der Waals surface area contributed by atoms with Gasteiger partial charge in [-0.25, -0.2) is 8.78 Å². The molecule has 1 aromatic carbocycles. The summed E-state index contributed by atoms with van der Waals surface area (Å²) < 4.78 is 29.5. The fraction of sp³-hybridized carbons (Fsp3) is 0.400. The Morgan fingerprint density at radius 3 is 2.67 bits per heavy atom. The molecule has 0 radical (unpaired) electrons. The Bertz CT molecular complexity index is 329. The van der Waals surface area contributed by atoms with Gasteiger partial charge in [-0.05, 0) is 19.1 Å². The Morgan fingerprint density at radius 1 is 1.47 bits per heavy atom. The lowest BCUT2D eigenvalue weighted by Crippen LogP contribution is -2.09. The SMILES string of the molecule is C[C@H](O)c1ccc(Br)cc1OCC(F)F. The van der Waals surface area contributed by atoms with E-state index in [1.165, 1.54) is 0 Å². The molecule has 0 aliphatic rings. The Morgan fingerprint density at radius 2 is 2.13 bits per heavy atom. The highest BCUT2D eigenvalue weighted by Crippen LogP contribution is 2.28. The highest BCUT2D eigenvalue weighted by Gasteiger charge is 2.11. The first-order valence-electron chi connectivity index (χ1n) is 4.39. The maximum atomic E-state index is 12.0. The molecule has 0 aromatic heterocycles. The molecule has 0 spiro atoms. The van der Waals surface area contributed by atoms with Crippen LogP contribution in [0, 0.1) is 0 Å². The maximum absolute atomic E-state index is 12.0. The molecule has 0 aliphatic carbocycles. The largest absolute Gasteiger partial charge is 0.487 e. The fourth-order valence-corrected chi connectivity index (χ4v) is 1.47. The second-order valence-electron chi connectivity index (χ2n) is 3.06. The molecule has 15 heavy (non-hydrogen) atoms. The molecule has 84 valence electrons. The lowest BCUT2D eigenvalue weighted by Gasteiger charge is -2.13. The van der Waals surface area contributed by atoms with E-state index in [4.69, 9.17) is 4.74 Å². The maximum Gasteiger partial charge on any atom is 0.272 e. The summed E-state index contributed by atoms with van der Waals surface area (Å²) in [6.45, 7) is 0.884. The molecule has 1 aromatic rings. The summed E-state index contributed by atoms with van der Waals surface area (Å²) >= 11 is 3.20. The first kappa shape index (κ1) is 12.4. The zero-order valence-corrected chi connectivity index (χ0v) is 9.67. The molecule has 0 bridgehead atoms. The van der Waals surface area contributed by atoms with E-state index < -0.39 is 19.1 Å². The number of rotatable bonds is 4. The summed E-state index contributed by atoms with van der Waals surface area (Å²) in [7, 11) is 0. The van der Waals surface area contributed by atoms with Gasteiger partial charge in [-0.3, -0.25) is 0 Å². The predicted molar refractivity (Wildman–Crippen MR) is 56.3 cm³/mol. The minimum atomic E-state index is -2.52. The number of aliphatic hydroxyl groups excluding tert-OH is 1. The summed E-state index contributed by atoms with van der Waals surface area (Å²) in [5.74, 6) is 0.277. The van der Waals surface area contributed by atoms with Gasteiger partial charge in [0.15, 0.2) is 0 Å². The fourth-order valence-electron chi connectivity index (χ4n) is 1.13. The van der Waals surface area contributed by atoms with Crippen molar-refractivity contribution in [2.45, 2.75) is 19.5 Å². The highest BCUT2D eigenvalue weighted by atomic mass is 79.9. The average Bonchev–Trinajstić information content (AvgIpc) is 2.14. The monoisotopic (exact) mass is 280 g/mol. The Hall–Kier alpha value is -0.680. The minimum absolute atomic E-state index is 0.277. The van der Waals surface area contributed by atoms with Crippen LogP contribution in [0.5, 0.6) is 5.75 Å². The van der Waals surface area contributed by atoms with Crippen LogP contribution in [0.15, 0.2) is 22.7 Å². The van der Waals surface area contributed by atoms with Gasteiger partial charge in [0.05, 0.1) is 6.10 Å². The number of aliphatic hydroxyl groups is 1. The van der Waals surface area contributed by atoms with E-state index in [1.807, 2.05) is 0 Å². The molecule has 0 aliphatic heterocycles. The molecule has 1 atom stereocenters. The molecule has 0 saturated carbocycles. The van der Waals surface area contributed by atoms with Crippen LogP contribution in [0.4, 0.5) is 8.78 Å². The quantitative estimate of drug-likeness (QED) is 0.918. The normalized spacial score (nSPS) is 12.9. The van der Waals surface area contributed by atoms with Crippen molar-refractivity contribution in [2.75, 3.05) is 6.61 Å². The molecule has 0 heterocycles. The van der Waals surface area contributed by atoms with Gasteiger partial charge in [-0.1, -0.05) is 22.0 Å². The molecular formula is C10H11BrF2O2. The topological polar surface area (TPSA) is 29.5 Å². The number of ether oxygens (including phenoxy) is 1. The van der Waals surface area contributed by atoms with Crippen molar-refractivity contribution in [2.24, 2.45) is 0 Å². The lowest BCUT2D eigenvalue weighted by molar-refractivity contribution is 0.0794. The van der Waals surface area contributed by atoms with Crippen LogP contribution in [0.25, 0.3) is 0 Å². The lowest BCUT2D eigenvalue weighted by atomic mass is 10.1. The van der Waals surface area contributed by atoms with Crippen molar-refractivity contribution in [3.63, 3.8) is 0 Å². The summed E-state index contributed by atoms with van der Waals surface area (Å²) in [5, 5.41) is 9.38. The molecule has 1 N–H and O–H groups in total. The van der Waals surface area contributed by atoms with Crippen LogP contribution < -0.4 is 4.74 Å². The molecule has 0 unspecified atom stereocenters. The highest BCUT2D eigenvalue weighted by molar-refractivity contribution is 9.10. The molecule has 5 heteroatoms. The summed E-state index contributed by atoms with van der Waals surface area (Å²) in [5.41, 5.74) is 0.499. The molecule has 2 nitrogen and oxygen atoms in total. The van der Waals surface area contributed by atoms with Gasteiger partial charge in [0.2, 0.25) is 0 Å². The third kappa shape index (κ3) is 3.76. The molecule has 0 amide bonds. The number of benzene rings is 1. The van der Waals surface area contributed by atoms with Crippen molar-refractivity contribution in [1.29, 1.82) is 0 Å². The van der Waals surface area contributed by atoms with Gasteiger partial charge < -0.3 is 9.84 Å². The standard InChI is InChI=1S/C10H11BrF2O2/c1-6(14)8-3-2-7(11)4-9(8)15-5-10(12)13/h2-4,6,10,14H,5H2,1H3/t6-/m0/s1. The number of halogens is 3. The number of alkyl halides is 2. The van der Waals surface area contributed by atoms with Crippen LogP contribution >= 0.6 is 15.9 Å². The third-order valence-electron chi connectivity index (χ3n) is 1.79. The van der Waals surface area contributed by atoms with E-state index in [1.54, 1.807) is 25.1 Å². The second-order valence-corrected chi connectivity index (χ2v) is 3.98. The van der Waals surface area contributed by atoms with Gasteiger partial charge in [0, 0.05) is 10.0 Å². The predicted octanol–water partition coefficient (Wildman–Crippen LogP) is 3.15. The Balaban J connectivity index is 2.87. The van der Waals surface area contributed by atoms with Gasteiger partial charge in [-0.15, -0.1) is 0 Å². The van der Waals surface area contributed by atoms with Gasteiger partial charge in [0.25, 0.3) is 6.43 Å². The van der Waals surface area contributed by atoms with E-state index in [-0.39, 0.29) is 5.75 Å². The average molecular weight is 281 g/mol. The molecule has 0 saturated heterocycles. The minimum Gasteiger partial charge on any atom is -0.487 e. The molecule has 1 rings (SSSR count). The Labute approximate surface area is 95.0 Å². The summed E-state index contributed by atoms with van der Waals surface area (Å²) in [6, 6.07) is 4.91. The van der Waals surface area contributed by atoms with E-state index in [0.29, 0.717) is 5.56 Å². The van der Waals surface area contributed by atoms with Crippen LogP contribution in [-0.4, -0.2) is 18.1 Å². The Kier molecular flexibility index (Phi) is 4.47. The van der Waals surface area contributed by atoms with E-state index in [2.05, 4.69) is 15.9 Å². The van der Waals surface area contributed by atoms with E-state index >= 15 is 0 Å². The first-order valence-corrected chi connectivity index (χ1v) is 5.18. The molecule has 0 fully saturated rings. The van der Waals surface area contributed by atoms with Gasteiger partial charge in [0.1, 0.15) is 12.4 Å². The van der Waals surface area contributed by atoms with Crippen LogP contribution in [-0.2, 0) is 0 Å². The smallest absolute Gasteiger partial charge is 0.272 e. The van der Waals surface area contributed by atoms with Gasteiger partial charge in [-0.2, -0.15) is 0 Å². The van der Waals surface area contributed by atoms with Crippen molar-refractivity contribution in [1.82, 2.24) is 0 Å². The third-order valence-corrected chi connectivity index (χ3v) is 2.28. The van der Waals surface area contributed by atoms with E-state index in [9.17, 15) is 13.9 Å². The zero-order valence-electron chi connectivity index (χ0n) is 8.08. The second kappa shape index (κ2) is 5.42. The number of hydrogen-bond acceptors (Lipinski definition) is 2. The number of hydrogen-bond donors (Lipinski definition) is 1. The van der Waals surface area contributed by atoms with Crippen molar-refractivity contribution < 1.29 is 18.6 Å². The molecular weight excluding hydrogens is 270 g/mol. The van der Waals surface area contributed by atoms with Crippen molar-refractivity contribution >= 4 is 15.9 Å². The van der Waals surface area contributed by atoms with Crippen LogP contribution in [0.2, 0.25) is 0 Å². The van der Waals surface area contributed by atoms with Crippen LogP contribution in [0.1, 0.15) is 18.6 Å². The van der Waals surface area contributed by atoms with Gasteiger partial charge >= 0.3 is 0 Å². The zero-order chi connectivity index (χ0) is 11.4. The summed E-state index contributed by atoms with van der Waals surface area (Å²) in [4.78, 5) is 0. The van der Waals surface area contributed by atoms with E-state index in [0.717, 1.165) is 4.47 Å². The van der Waals surface area contributed by atoms with Crippen molar-refractivity contribution in [3.8, 4) is 5.75 Å². The summed E-state index contributed by atoms with van der Waals surface area (Å²) in [6.07, 6.45) is -3.27. The van der Waals surface area contributed by atoms with Crippen LogP contribution in [0.3, 0.4) is 0 Å². The first-order chi connectivity index (χ1) is 7.00.